The molecule has 0 saturated carbocycles. The van der Waals surface area contributed by atoms with Crippen LogP contribution in [0.15, 0.2) is 23.3 Å². The molecule has 0 radical (unpaired) electrons. The molecule has 0 amide bonds. The van der Waals surface area contributed by atoms with E-state index in [4.69, 9.17) is 0 Å². The van der Waals surface area contributed by atoms with E-state index in [2.05, 4.69) is 5.10 Å². The summed E-state index contributed by atoms with van der Waals surface area (Å²) in [7, 11) is 0. The lowest BCUT2D eigenvalue weighted by Gasteiger charge is -2.18. The minimum Gasteiger partial charge on any atom is -0.376 e. The van der Waals surface area contributed by atoms with Crippen LogP contribution in [-0.4, -0.2) is 51.2 Å². The van der Waals surface area contributed by atoms with Crippen LogP contribution >= 0.6 is 0 Å². The first-order valence-electron chi connectivity index (χ1n) is 7.30. The van der Waals surface area contributed by atoms with Crippen LogP contribution in [0.3, 0.4) is 0 Å². The topological polar surface area (TPSA) is 95.8 Å². The van der Waals surface area contributed by atoms with Crippen LogP contribution in [0.4, 0.5) is 23.2 Å². The van der Waals surface area contributed by atoms with Gasteiger partial charge in [-0.25, -0.2) is 4.39 Å². The number of nitro groups is 1. The third-order valence-corrected chi connectivity index (χ3v) is 3.67. The SMILES string of the molecule is C[C@](O)(C[N+]1=CC(F)C=N1)C(=O)Cc1ccc([N+](=O)[O-])c(C(F)(F)F)c1. The molecule has 1 aliphatic heterocycles. The highest BCUT2D eigenvalue weighted by molar-refractivity contribution is 5.89. The van der Waals surface area contributed by atoms with Gasteiger partial charge in [0.05, 0.1) is 4.92 Å². The summed E-state index contributed by atoms with van der Waals surface area (Å²) >= 11 is 0. The molecule has 0 fully saturated rings. The summed E-state index contributed by atoms with van der Waals surface area (Å²) in [6.45, 7) is 0.738. The van der Waals surface area contributed by atoms with Crippen molar-refractivity contribution >= 4 is 23.9 Å². The summed E-state index contributed by atoms with van der Waals surface area (Å²) in [6, 6.07) is 2.18. The molecule has 0 saturated heterocycles. The molecule has 7 nitrogen and oxygen atoms in total. The summed E-state index contributed by atoms with van der Waals surface area (Å²) in [5.41, 5.74) is -4.77. The first kappa shape index (κ1) is 19.6. The maximum atomic E-state index is 13.0. The Morgan fingerprint density at radius 3 is 2.58 bits per heavy atom. The van der Waals surface area contributed by atoms with Crippen LogP contribution in [0.25, 0.3) is 0 Å². The Morgan fingerprint density at radius 1 is 1.42 bits per heavy atom. The molecule has 1 aromatic carbocycles. The van der Waals surface area contributed by atoms with Crippen molar-refractivity contribution in [1.82, 2.24) is 0 Å². The summed E-state index contributed by atoms with van der Waals surface area (Å²) in [4.78, 5) is 21.8. The molecule has 0 aromatic heterocycles. The molecule has 0 aliphatic carbocycles. The van der Waals surface area contributed by atoms with Crippen molar-refractivity contribution in [2.24, 2.45) is 5.10 Å². The second kappa shape index (κ2) is 6.90. The van der Waals surface area contributed by atoms with Crippen molar-refractivity contribution in [3.63, 3.8) is 0 Å². The number of alkyl halides is 4. The Morgan fingerprint density at radius 2 is 2.08 bits per heavy atom. The van der Waals surface area contributed by atoms with Gasteiger partial charge in [-0.05, 0) is 23.7 Å². The van der Waals surface area contributed by atoms with Gasteiger partial charge in [0.15, 0.2) is 11.4 Å². The Hall–Kier alpha value is -2.69. The van der Waals surface area contributed by atoms with Gasteiger partial charge in [0.2, 0.25) is 18.9 Å². The molecule has 1 heterocycles. The van der Waals surface area contributed by atoms with E-state index in [1.165, 1.54) is 0 Å². The quantitative estimate of drug-likeness (QED) is 0.355. The highest BCUT2D eigenvalue weighted by Gasteiger charge is 2.40. The predicted molar refractivity (Wildman–Crippen MR) is 82.0 cm³/mol. The summed E-state index contributed by atoms with van der Waals surface area (Å²) < 4.78 is 52.9. The van der Waals surface area contributed by atoms with Crippen molar-refractivity contribution in [3.05, 3.63) is 39.4 Å². The fraction of sp³-hybridized carbons (Fsp3) is 0.400. The Balaban J connectivity index is 2.22. The zero-order valence-corrected chi connectivity index (χ0v) is 13.4. The van der Waals surface area contributed by atoms with E-state index in [0.717, 1.165) is 30.1 Å². The second-order valence-corrected chi connectivity index (χ2v) is 5.94. The number of Topliss-reactive ketones (excluding diaryl/α,β-unsaturated/α-hetero) is 1. The lowest BCUT2D eigenvalue weighted by Crippen LogP contribution is -2.43. The van der Waals surface area contributed by atoms with Crippen LogP contribution in [0.1, 0.15) is 18.1 Å². The van der Waals surface area contributed by atoms with E-state index in [1.54, 1.807) is 0 Å². The highest BCUT2D eigenvalue weighted by Crippen LogP contribution is 2.36. The molecule has 26 heavy (non-hydrogen) atoms. The number of β-amino-alcohol motifs (C(OH)–C–C–N with tert-alkyl or cyclic N) is 1. The number of hydrogen-bond acceptors (Lipinski definition) is 5. The normalized spacial score (nSPS) is 19.2. The second-order valence-electron chi connectivity index (χ2n) is 5.94. The van der Waals surface area contributed by atoms with Gasteiger partial charge >= 0.3 is 6.18 Å². The summed E-state index contributed by atoms with van der Waals surface area (Å²) in [6.07, 6.45) is -5.05. The van der Waals surface area contributed by atoms with E-state index in [1.807, 2.05) is 0 Å². The van der Waals surface area contributed by atoms with Crippen LogP contribution in [0.2, 0.25) is 0 Å². The predicted octanol–water partition coefficient (Wildman–Crippen LogP) is 1.90. The van der Waals surface area contributed by atoms with Gasteiger partial charge in [0.1, 0.15) is 11.8 Å². The molecule has 2 rings (SSSR count). The van der Waals surface area contributed by atoms with Gasteiger partial charge < -0.3 is 5.11 Å². The van der Waals surface area contributed by atoms with E-state index < -0.39 is 46.3 Å². The van der Waals surface area contributed by atoms with E-state index in [-0.39, 0.29) is 12.1 Å². The van der Waals surface area contributed by atoms with Crippen LogP contribution in [-0.2, 0) is 17.4 Å². The average molecular weight is 376 g/mol. The minimum atomic E-state index is -4.97. The van der Waals surface area contributed by atoms with Crippen molar-refractivity contribution in [2.75, 3.05) is 6.54 Å². The molecule has 1 N–H and O–H groups in total. The number of ketones is 1. The largest absolute Gasteiger partial charge is 0.423 e. The fourth-order valence-electron chi connectivity index (χ4n) is 2.34. The number of benzene rings is 1. The van der Waals surface area contributed by atoms with Gasteiger partial charge in [-0.15, -0.1) is 0 Å². The molecule has 1 aromatic rings. The van der Waals surface area contributed by atoms with Gasteiger partial charge in [-0.3, -0.25) is 14.9 Å². The smallest absolute Gasteiger partial charge is 0.376 e. The zero-order valence-electron chi connectivity index (χ0n) is 13.4. The number of halogens is 4. The lowest BCUT2D eigenvalue weighted by atomic mass is 9.94. The molecule has 2 atom stereocenters. The monoisotopic (exact) mass is 376 g/mol. The van der Waals surface area contributed by atoms with Crippen molar-refractivity contribution in [1.29, 1.82) is 0 Å². The average Bonchev–Trinajstić information content (AvgIpc) is 2.90. The van der Waals surface area contributed by atoms with Gasteiger partial charge in [-0.2, -0.15) is 13.2 Å². The van der Waals surface area contributed by atoms with Gasteiger partial charge in [0, 0.05) is 12.5 Å². The van der Waals surface area contributed by atoms with E-state index >= 15 is 0 Å². The molecular weight excluding hydrogens is 362 g/mol. The number of carbonyl (C=O) groups is 1. The standard InChI is InChI=1S/C15H14F4N3O4/c1-14(24,8-21-7-10(16)6-20-21)13(23)5-9-2-3-12(22(25)26)11(4-9)15(17,18)19/h2-4,6-7,10,24H,5,8H2,1H3/q+1/t10?,14-/m0/s1. The molecule has 0 bridgehead atoms. The number of hydrogen-bond donors (Lipinski definition) is 1. The van der Waals surface area contributed by atoms with Crippen LogP contribution in [0.5, 0.6) is 0 Å². The Bertz CT molecular complexity index is 803. The molecule has 11 heteroatoms. The number of nitro benzene ring substituents is 1. The van der Waals surface area contributed by atoms with E-state index in [9.17, 15) is 37.6 Å². The minimum absolute atomic E-state index is 0.148. The van der Waals surface area contributed by atoms with Gasteiger partial charge in [0.25, 0.3) is 5.69 Å². The van der Waals surface area contributed by atoms with Crippen molar-refractivity contribution < 1.29 is 37.1 Å². The molecule has 1 unspecified atom stereocenters. The zero-order chi connectivity index (χ0) is 19.7. The molecular formula is C15H14F4N3O4+. The Labute approximate surface area is 144 Å². The third kappa shape index (κ3) is 4.48. The van der Waals surface area contributed by atoms with E-state index in [0.29, 0.717) is 12.1 Å². The van der Waals surface area contributed by atoms with Crippen molar-refractivity contribution in [2.45, 2.75) is 31.3 Å². The fourth-order valence-corrected chi connectivity index (χ4v) is 2.34. The van der Waals surface area contributed by atoms with Crippen LogP contribution < -0.4 is 0 Å². The number of nitrogens with zero attached hydrogens (tertiary/aromatic N) is 3. The maximum absolute atomic E-state index is 13.0. The third-order valence-electron chi connectivity index (χ3n) is 3.67. The molecule has 0 spiro atoms. The number of hydrazone groups is 1. The van der Waals surface area contributed by atoms with Gasteiger partial charge in [-0.1, -0.05) is 10.8 Å². The lowest BCUT2D eigenvalue weighted by molar-refractivity contribution is -0.539. The Kier molecular flexibility index (Phi) is 5.21. The number of aliphatic hydroxyl groups is 1. The first-order chi connectivity index (χ1) is 11.9. The summed E-state index contributed by atoms with van der Waals surface area (Å²) in [5, 5.41) is 24.6. The number of rotatable bonds is 6. The number of carbonyl (C=O) groups excluding carboxylic acids is 1. The first-order valence-corrected chi connectivity index (χ1v) is 7.30. The van der Waals surface area contributed by atoms with Crippen molar-refractivity contribution in [3.8, 4) is 0 Å². The van der Waals surface area contributed by atoms with Crippen LogP contribution in [0, 0.1) is 10.1 Å². The maximum Gasteiger partial charge on any atom is 0.423 e. The highest BCUT2D eigenvalue weighted by atomic mass is 19.4. The molecule has 140 valence electrons. The molecule has 1 aliphatic rings. The summed E-state index contributed by atoms with van der Waals surface area (Å²) in [5.74, 6) is -0.842.